The number of rotatable bonds is 5. The van der Waals surface area contributed by atoms with E-state index in [1.807, 2.05) is 11.8 Å². The highest BCUT2D eigenvalue weighted by Gasteiger charge is 2.40. The molecule has 0 aromatic heterocycles. The van der Waals surface area contributed by atoms with Crippen LogP contribution in [-0.2, 0) is 19.6 Å². The van der Waals surface area contributed by atoms with Crippen molar-refractivity contribution in [1.82, 2.24) is 14.5 Å². The van der Waals surface area contributed by atoms with E-state index in [9.17, 15) is 18.0 Å². The highest BCUT2D eigenvalue weighted by Crippen LogP contribution is 2.25. The fourth-order valence-electron chi connectivity index (χ4n) is 4.61. The maximum Gasteiger partial charge on any atom is 0.245 e. The van der Waals surface area contributed by atoms with Gasteiger partial charge in [0.2, 0.25) is 21.8 Å². The minimum Gasteiger partial charge on any atom is -0.338 e. The Morgan fingerprint density at radius 3 is 2.56 bits per heavy atom. The smallest absolute Gasteiger partial charge is 0.245 e. The molecule has 1 unspecified atom stereocenters. The molecule has 1 N–H and O–H groups in total. The van der Waals surface area contributed by atoms with Crippen LogP contribution in [0.2, 0.25) is 5.02 Å². The van der Waals surface area contributed by atoms with Crippen LogP contribution in [-0.4, -0.2) is 61.2 Å². The Balaban J connectivity index is 1.46. The minimum atomic E-state index is -3.90. The molecule has 2 aromatic carbocycles. The van der Waals surface area contributed by atoms with Crippen LogP contribution in [0.25, 0.3) is 10.8 Å². The zero-order valence-electron chi connectivity index (χ0n) is 18.3. The topological polar surface area (TPSA) is 86.8 Å². The number of nitrogens with one attached hydrogen (secondary N) is 1. The Morgan fingerprint density at radius 2 is 1.81 bits per heavy atom. The molecule has 2 aliphatic rings. The minimum absolute atomic E-state index is 0.0674. The van der Waals surface area contributed by atoms with Crippen molar-refractivity contribution in [3.8, 4) is 0 Å². The Bertz CT molecular complexity index is 1150. The van der Waals surface area contributed by atoms with Crippen molar-refractivity contribution in [2.45, 2.75) is 62.6 Å². The second-order valence-electron chi connectivity index (χ2n) is 8.70. The number of halogens is 1. The van der Waals surface area contributed by atoms with Crippen LogP contribution < -0.4 is 4.72 Å². The highest BCUT2D eigenvalue weighted by molar-refractivity contribution is 7.89. The summed E-state index contributed by atoms with van der Waals surface area (Å²) in [5.41, 5.74) is 0. The molecule has 7 nitrogen and oxygen atoms in total. The molecule has 2 aliphatic heterocycles. The molecule has 32 heavy (non-hydrogen) atoms. The molecule has 0 bridgehead atoms. The Morgan fingerprint density at radius 1 is 1.09 bits per heavy atom. The van der Waals surface area contributed by atoms with Gasteiger partial charge in [0.15, 0.2) is 0 Å². The van der Waals surface area contributed by atoms with Crippen LogP contribution in [0.15, 0.2) is 41.3 Å². The summed E-state index contributed by atoms with van der Waals surface area (Å²) in [6.07, 6.45) is 3.37. The van der Waals surface area contributed by atoms with Crippen molar-refractivity contribution in [2.24, 2.45) is 0 Å². The largest absolute Gasteiger partial charge is 0.338 e. The van der Waals surface area contributed by atoms with Crippen molar-refractivity contribution < 1.29 is 18.0 Å². The number of likely N-dealkylation sites (tertiary alicyclic amines) is 2. The number of piperidine rings is 1. The molecule has 9 heteroatoms. The van der Waals surface area contributed by atoms with Gasteiger partial charge in [0.1, 0.15) is 12.1 Å². The van der Waals surface area contributed by atoms with E-state index < -0.39 is 22.1 Å². The monoisotopic (exact) mass is 477 g/mol. The van der Waals surface area contributed by atoms with E-state index >= 15 is 0 Å². The van der Waals surface area contributed by atoms with Gasteiger partial charge in [-0.15, -0.1) is 0 Å². The first kappa shape index (κ1) is 23.0. The van der Waals surface area contributed by atoms with Gasteiger partial charge in [-0.25, -0.2) is 8.42 Å². The molecule has 4 rings (SSSR count). The fraction of sp³-hybridized carbons (Fsp3) is 0.478. The van der Waals surface area contributed by atoms with Crippen LogP contribution in [0.5, 0.6) is 0 Å². The van der Waals surface area contributed by atoms with Crippen molar-refractivity contribution in [3.63, 3.8) is 0 Å². The molecule has 0 radical (unpaired) electrons. The Labute approximate surface area is 193 Å². The number of amides is 2. The molecule has 2 amide bonds. The Hall–Kier alpha value is -2.16. The molecule has 2 saturated heterocycles. The molecule has 0 saturated carbocycles. The maximum atomic E-state index is 13.0. The third-order valence-electron chi connectivity index (χ3n) is 6.53. The predicted octanol–water partition coefficient (Wildman–Crippen LogP) is 3.16. The molecule has 2 aromatic rings. The van der Waals surface area contributed by atoms with Gasteiger partial charge in [0, 0.05) is 24.2 Å². The standard InChI is InChI=1S/C23H28ClN3O4S/c1-15-5-3-4-11-26(15)22(28)16(2)27-12-10-21(23(27)29)25-32(30,31)20-9-7-17-13-19(24)8-6-18(17)14-20/h6-9,13-16,21,25H,3-5,10-12H2,1-2H3/t15?,16-,21-/m0/s1. The van der Waals surface area contributed by atoms with Gasteiger partial charge in [-0.05, 0) is 74.6 Å². The van der Waals surface area contributed by atoms with Gasteiger partial charge in [-0.1, -0.05) is 23.7 Å². The fourth-order valence-corrected chi connectivity index (χ4v) is 6.05. The first-order valence-electron chi connectivity index (χ1n) is 11.0. The SMILES string of the molecule is CC1CCCCN1C(=O)[C@H](C)N1CC[C@H](NS(=O)(=O)c2ccc3cc(Cl)ccc3c2)C1=O. The normalized spacial score (nSPS) is 23.0. The van der Waals surface area contributed by atoms with E-state index in [0.29, 0.717) is 24.5 Å². The van der Waals surface area contributed by atoms with E-state index in [2.05, 4.69) is 4.72 Å². The lowest BCUT2D eigenvalue weighted by atomic mass is 10.0. The van der Waals surface area contributed by atoms with Crippen molar-refractivity contribution in [1.29, 1.82) is 0 Å². The molecular weight excluding hydrogens is 450 g/mol. The maximum absolute atomic E-state index is 13.0. The summed E-state index contributed by atoms with van der Waals surface area (Å²) in [5, 5.41) is 2.15. The van der Waals surface area contributed by atoms with Gasteiger partial charge in [-0.2, -0.15) is 4.72 Å². The number of hydrogen-bond acceptors (Lipinski definition) is 4. The Kier molecular flexibility index (Phi) is 6.47. The molecular formula is C23H28ClN3O4S. The van der Waals surface area contributed by atoms with E-state index in [4.69, 9.17) is 11.6 Å². The van der Waals surface area contributed by atoms with Gasteiger partial charge >= 0.3 is 0 Å². The molecule has 0 spiro atoms. The molecule has 2 fully saturated rings. The first-order valence-corrected chi connectivity index (χ1v) is 12.9. The number of fused-ring (bicyclic) bond motifs is 1. The van der Waals surface area contributed by atoms with Crippen LogP contribution in [0.4, 0.5) is 0 Å². The first-order chi connectivity index (χ1) is 15.2. The third-order valence-corrected chi connectivity index (χ3v) is 8.24. The number of benzene rings is 2. The van der Waals surface area contributed by atoms with Crippen LogP contribution in [0.3, 0.4) is 0 Å². The number of nitrogens with zero attached hydrogens (tertiary/aromatic N) is 2. The lowest BCUT2D eigenvalue weighted by Crippen LogP contribution is -2.53. The number of hydrogen-bond donors (Lipinski definition) is 1. The van der Waals surface area contributed by atoms with E-state index in [1.54, 1.807) is 37.3 Å². The summed E-state index contributed by atoms with van der Waals surface area (Å²) >= 11 is 6.00. The van der Waals surface area contributed by atoms with Crippen molar-refractivity contribution in [3.05, 3.63) is 41.4 Å². The number of carbonyl (C=O) groups is 2. The summed E-state index contributed by atoms with van der Waals surface area (Å²) in [7, 11) is -3.90. The van der Waals surface area contributed by atoms with Crippen LogP contribution >= 0.6 is 11.6 Å². The molecule has 3 atom stereocenters. The van der Waals surface area contributed by atoms with Gasteiger partial charge in [-0.3, -0.25) is 9.59 Å². The van der Waals surface area contributed by atoms with Crippen molar-refractivity contribution in [2.75, 3.05) is 13.1 Å². The van der Waals surface area contributed by atoms with Gasteiger partial charge in [0.25, 0.3) is 0 Å². The van der Waals surface area contributed by atoms with Crippen LogP contribution in [0, 0.1) is 0 Å². The lowest BCUT2D eigenvalue weighted by molar-refractivity contribution is -0.145. The average molecular weight is 478 g/mol. The van der Waals surface area contributed by atoms with E-state index in [1.165, 1.54) is 11.0 Å². The summed E-state index contributed by atoms with van der Waals surface area (Å²) in [6.45, 7) is 4.81. The van der Waals surface area contributed by atoms with E-state index in [-0.39, 0.29) is 22.8 Å². The number of sulfonamides is 1. The van der Waals surface area contributed by atoms with Gasteiger partial charge in [0.05, 0.1) is 4.90 Å². The molecule has 0 aliphatic carbocycles. The quantitative estimate of drug-likeness (QED) is 0.716. The van der Waals surface area contributed by atoms with Crippen LogP contribution in [0.1, 0.15) is 39.5 Å². The van der Waals surface area contributed by atoms with Gasteiger partial charge < -0.3 is 9.80 Å². The zero-order chi connectivity index (χ0) is 23.0. The number of carbonyl (C=O) groups excluding carboxylic acids is 2. The molecule has 2 heterocycles. The average Bonchev–Trinajstić information content (AvgIpc) is 3.12. The zero-order valence-corrected chi connectivity index (χ0v) is 19.8. The predicted molar refractivity (Wildman–Crippen MR) is 124 cm³/mol. The summed E-state index contributed by atoms with van der Waals surface area (Å²) in [6, 6.07) is 8.66. The second-order valence-corrected chi connectivity index (χ2v) is 10.9. The third kappa shape index (κ3) is 4.49. The second kappa shape index (κ2) is 9.00. The summed E-state index contributed by atoms with van der Waals surface area (Å²) in [5.74, 6) is -0.422. The summed E-state index contributed by atoms with van der Waals surface area (Å²) < 4.78 is 28.5. The highest BCUT2D eigenvalue weighted by atomic mass is 35.5. The van der Waals surface area contributed by atoms with E-state index in [0.717, 1.165) is 30.0 Å². The van der Waals surface area contributed by atoms with Crippen molar-refractivity contribution >= 4 is 44.2 Å². The lowest BCUT2D eigenvalue weighted by Gasteiger charge is -2.37. The molecule has 172 valence electrons. The summed E-state index contributed by atoms with van der Waals surface area (Å²) in [4.78, 5) is 29.4.